The SMILES string of the molecule is C[C@H]1COCCN1c1cc(C2(S(=O)(=O)c3ccncc3)CC2)nc(-c2ccc(NC(=S)NC3CC3)cc2)n1. The minimum atomic E-state index is -3.67. The first-order chi connectivity index (χ1) is 18.4. The van der Waals surface area contributed by atoms with Gasteiger partial charge in [0.25, 0.3) is 0 Å². The molecule has 2 saturated carbocycles. The van der Waals surface area contributed by atoms with Crippen molar-refractivity contribution in [1.29, 1.82) is 0 Å². The van der Waals surface area contributed by atoms with Crippen LogP contribution >= 0.6 is 12.2 Å². The maximum Gasteiger partial charge on any atom is 0.189 e. The highest BCUT2D eigenvalue weighted by molar-refractivity contribution is 7.92. The number of benzene rings is 1. The highest BCUT2D eigenvalue weighted by atomic mass is 32.2. The van der Waals surface area contributed by atoms with Crippen molar-refractivity contribution in [3.8, 4) is 11.4 Å². The molecule has 198 valence electrons. The van der Waals surface area contributed by atoms with Gasteiger partial charge in [-0.2, -0.15) is 0 Å². The number of nitrogens with one attached hydrogen (secondary N) is 2. The van der Waals surface area contributed by atoms with Crippen LogP contribution in [-0.4, -0.2) is 60.3 Å². The summed E-state index contributed by atoms with van der Waals surface area (Å²) < 4.78 is 32.2. The molecule has 3 aromatic rings. The third-order valence-corrected chi connectivity index (χ3v) is 10.1. The van der Waals surface area contributed by atoms with Gasteiger partial charge in [-0.3, -0.25) is 4.98 Å². The van der Waals surface area contributed by atoms with Gasteiger partial charge in [-0.25, -0.2) is 18.4 Å². The van der Waals surface area contributed by atoms with Crippen molar-refractivity contribution in [3.63, 3.8) is 0 Å². The van der Waals surface area contributed by atoms with Crippen molar-refractivity contribution < 1.29 is 13.2 Å². The van der Waals surface area contributed by atoms with Crippen LogP contribution in [0.4, 0.5) is 11.5 Å². The smallest absolute Gasteiger partial charge is 0.189 e. The van der Waals surface area contributed by atoms with Gasteiger partial charge in [0.15, 0.2) is 20.8 Å². The molecule has 3 aliphatic rings. The lowest BCUT2D eigenvalue weighted by Crippen LogP contribution is -2.44. The zero-order chi connectivity index (χ0) is 26.3. The first-order valence-corrected chi connectivity index (χ1v) is 14.8. The van der Waals surface area contributed by atoms with Crippen molar-refractivity contribution in [3.05, 3.63) is 60.6 Å². The lowest BCUT2D eigenvalue weighted by Gasteiger charge is -2.34. The van der Waals surface area contributed by atoms with Crippen molar-refractivity contribution in [2.45, 2.75) is 54.3 Å². The standard InChI is InChI=1S/C27H30N6O3S2/c1-18-17-36-15-14-33(18)24-16-23(27(10-11-27)38(34,35)22-8-12-28-13-9-22)31-25(32-24)19-2-4-20(5-3-19)29-26(37)30-21-6-7-21/h2-5,8-9,12-13,16,18,21H,6-7,10-11,14-15,17H2,1H3,(H2,29,30,37)/t18-/m0/s1. The van der Waals surface area contributed by atoms with E-state index in [1.165, 1.54) is 12.4 Å². The van der Waals surface area contributed by atoms with Crippen LogP contribution in [0.5, 0.6) is 0 Å². The monoisotopic (exact) mass is 550 g/mol. The summed E-state index contributed by atoms with van der Waals surface area (Å²) in [6.45, 7) is 3.94. The molecule has 1 aromatic carbocycles. The quantitative estimate of drug-likeness (QED) is 0.423. The predicted molar refractivity (Wildman–Crippen MR) is 150 cm³/mol. The van der Waals surface area contributed by atoms with E-state index in [2.05, 4.69) is 27.4 Å². The van der Waals surface area contributed by atoms with Crippen LogP contribution in [0.3, 0.4) is 0 Å². The molecule has 3 heterocycles. The van der Waals surface area contributed by atoms with Crippen LogP contribution in [0.1, 0.15) is 38.3 Å². The summed E-state index contributed by atoms with van der Waals surface area (Å²) in [7, 11) is -3.67. The fourth-order valence-corrected chi connectivity index (χ4v) is 7.05. The lowest BCUT2D eigenvalue weighted by atomic mass is 10.1. The molecular formula is C27H30N6O3S2. The molecule has 0 radical (unpaired) electrons. The van der Waals surface area contributed by atoms with E-state index in [1.807, 2.05) is 30.3 Å². The zero-order valence-electron chi connectivity index (χ0n) is 21.1. The highest BCUT2D eigenvalue weighted by Gasteiger charge is 2.58. The van der Waals surface area contributed by atoms with E-state index >= 15 is 0 Å². The highest BCUT2D eigenvalue weighted by Crippen LogP contribution is 2.55. The lowest BCUT2D eigenvalue weighted by molar-refractivity contribution is 0.0985. The Morgan fingerprint density at radius 3 is 2.50 bits per heavy atom. The van der Waals surface area contributed by atoms with E-state index in [0.717, 1.165) is 24.1 Å². The summed E-state index contributed by atoms with van der Waals surface area (Å²) >= 11 is 5.40. The summed E-state index contributed by atoms with van der Waals surface area (Å²) in [5, 5.41) is 7.10. The van der Waals surface area contributed by atoms with Gasteiger partial charge in [0, 0.05) is 42.3 Å². The van der Waals surface area contributed by atoms with Crippen LogP contribution in [0.25, 0.3) is 11.4 Å². The average Bonchev–Trinajstić information content (AvgIpc) is 3.85. The van der Waals surface area contributed by atoms with E-state index in [4.69, 9.17) is 26.9 Å². The number of anilines is 2. The van der Waals surface area contributed by atoms with Crippen LogP contribution in [0.15, 0.2) is 59.8 Å². The molecule has 38 heavy (non-hydrogen) atoms. The zero-order valence-corrected chi connectivity index (χ0v) is 22.8. The molecule has 2 aromatic heterocycles. The van der Waals surface area contributed by atoms with E-state index in [1.54, 1.807) is 12.1 Å². The minimum Gasteiger partial charge on any atom is -0.377 e. The summed E-state index contributed by atoms with van der Waals surface area (Å²) in [5.74, 6) is 1.21. The third-order valence-electron chi connectivity index (χ3n) is 7.33. The third kappa shape index (κ3) is 4.85. The van der Waals surface area contributed by atoms with E-state index in [0.29, 0.717) is 61.1 Å². The molecule has 1 atom stereocenters. The van der Waals surface area contributed by atoms with E-state index < -0.39 is 14.6 Å². The van der Waals surface area contributed by atoms with Crippen LogP contribution in [-0.2, 0) is 19.3 Å². The molecule has 0 unspecified atom stereocenters. The number of nitrogens with zero attached hydrogens (tertiary/aromatic N) is 4. The topological polar surface area (TPSA) is 109 Å². The minimum absolute atomic E-state index is 0.109. The molecule has 6 rings (SSSR count). The Hall–Kier alpha value is -3.15. The molecule has 0 amide bonds. The summed E-state index contributed by atoms with van der Waals surface area (Å²) in [6, 6.07) is 13.3. The summed E-state index contributed by atoms with van der Waals surface area (Å²) in [4.78, 5) is 16.2. The fourth-order valence-electron chi connectivity index (χ4n) is 4.81. The Labute approximate surface area is 228 Å². The number of sulfone groups is 1. The Balaban J connectivity index is 1.37. The molecule has 0 spiro atoms. The first-order valence-electron chi connectivity index (χ1n) is 12.9. The van der Waals surface area contributed by atoms with Gasteiger partial charge in [0.1, 0.15) is 10.6 Å². The molecule has 1 saturated heterocycles. The number of morpholine rings is 1. The molecule has 0 bridgehead atoms. The molecule has 2 aliphatic carbocycles. The maximum atomic E-state index is 13.8. The fraction of sp³-hybridized carbons (Fsp3) is 0.407. The van der Waals surface area contributed by atoms with Crippen molar-refractivity contribution in [2.75, 3.05) is 30.0 Å². The summed E-state index contributed by atoms with van der Waals surface area (Å²) in [6.07, 6.45) is 6.35. The van der Waals surface area contributed by atoms with Gasteiger partial charge >= 0.3 is 0 Å². The van der Waals surface area contributed by atoms with Gasteiger partial charge in [0.05, 0.1) is 29.8 Å². The van der Waals surface area contributed by atoms with Crippen LogP contribution in [0.2, 0.25) is 0 Å². The predicted octanol–water partition coefficient (Wildman–Crippen LogP) is 3.68. The number of thiocarbonyl (C=S) groups is 1. The van der Waals surface area contributed by atoms with Gasteiger partial charge < -0.3 is 20.3 Å². The van der Waals surface area contributed by atoms with Crippen LogP contribution in [0, 0.1) is 0 Å². The number of aromatic nitrogens is 3. The molecule has 11 heteroatoms. The maximum absolute atomic E-state index is 13.8. The number of pyridine rings is 1. The Morgan fingerprint density at radius 2 is 1.84 bits per heavy atom. The number of hydrogen-bond donors (Lipinski definition) is 2. The second-order valence-corrected chi connectivity index (χ2v) is 12.9. The Bertz CT molecular complexity index is 1440. The second kappa shape index (κ2) is 9.87. The van der Waals surface area contributed by atoms with E-state index in [-0.39, 0.29) is 10.9 Å². The Morgan fingerprint density at radius 1 is 1.11 bits per heavy atom. The normalized spacial score (nSPS) is 20.6. The summed E-state index contributed by atoms with van der Waals surface area (Å²) in [5.41, 5.74) is 2.20. The molecule has 1 aliphatic heterocycles. The van der Waals surface area contributed by atoms with Crippen molar-refractivity contribution in [2.24, 2.45) is 0 Å². The van der Waals surface area contributed by atoms with Gasteiger partial charge in [-0.1, -0.05) is 0 Å². The number of hydrogen-bond acceptors (Lipinski definition) is 8. The van der Waals surface area contributed by atoms with Crippen molar-refractivity contribution in [1.82, 2.24) is 20.3 Å². The van der Waals surface area contributed by atoms with Gasteiger partial charge in [-0.15, -0.1) is 0 Å². The number of rotatable bonds is 7. The molecule has 9 nitrogen and oxygen atoms in total. The van der Waals surface area contributed by atoms with E-state index in [9.17, 15) is 8.42 Å². The Kier molecular flexibility index (Phi) is 6.53. The largest absolute Gasteiger partial charge is 0.377 e. The average molecular weight is 551 g/mol. The molecule has 2 N–H and O–H groups in total. The first kappa shape index (κ1) is 25.1. The molecule has 3 fully saturated rings. The van der Waals surface area contributed by atoms with Gasteiger partial charge in [-0.05, 0) is 81.2 Å². The van der Waals surface area contributed by atoms with Gasteiger partial charge in [0.2, 0.25) is 0 Å². The number of ether oxygens (including phenoxy) is 1. The van der Waals surface area contributed by atoms with Crippen LogP contribution < -0.4 is 15.5 Å². The van der Waals surface area contributed by atoms with Crippen molar-refractivity contribution >= 4 is 38.7 Å². The second-order valence-electron chi connectivity index (χ2n) is 10.2. The molecular weight excluding hydrogens is 520 g/mol.